The highest BCUT2D eigenvalue weighted by Crippen LogP contribution is 2.37. The van der Waals surface area contributed by atoms with E-state index in [1.165, 1.54) is 51.5 Å². The fourth-order valence-corrected chi connectivity index (χ4v) is 3.61. The predicted octanol–water partition coefficient (Wildman–Crippen LogP) is 2.92. The van der Waals surface area contributed by atoms with Crippen molar-refractivity contribution >= 4 is 0 Å². The Morgan fingerprint density at radius 2 is 1.71 bits per heavy atom. The van der Waals surface area contributed by atoms with Crippen LogP contribution in [0.2, 0.25) is 0 Å². The number of hydrogen-bond donors (Lipinski definition) is 2. The van der Waals surface area contributed by atoms with Crippen LogP contribution in [0.4, 0.5) is 0 Å². The van der Waals surface area contributed by atoms with Gasteiger partial charge in [-0.25, -0.2) is 0 Å². The Hall–Kier alpha value is -0.0800. The quantitative estimate of drug-likeness (QED) is 0.790. The van der Waals surface area contributed by atoms with E-state index in [2.05, 4.69) is 19.2 Å². The molecule has 2 heteroatoms. The Morgan fingerprint density at radius 1 is 1.06 bits per heavy atom. The maximum atomic E-state index is 5.74. The fraction of sp³-hybridized carbons (Fsp3) is 1.00. The molecule has 0 heterocycles. The first-order chi connectivity index (χ1) is 8.09. The first kappa shape index (κ1) is 13.4. The van der Waals surface area contributed by atoms with Crippen molar-refractivity contribution in [2.24, 2.45) is 23.0 Å². The van der Waals surface area contributed by atoms with Gasteiger partial charge >= 0.3 is 0 Å². The third kappa shape index (κ3) is 3.96. The lowest BCUT2D eigenvalue weighted by Gasteiger charge is -2.29. The molecule has 0 aromatic carbocycles. The molecule has 1 atom stereocenters. The van der Waals surface area contributed by atoms with Gasteiger partial charge in [0.05, 0.1) is 0 Å². The minimum atomic E-state index is 0.578. The average molecular weight is 238 g/mol. The number of nitrogens with two attached hydrogens (primary N) is 1. The zero-order valence-electron chi connectivity index (χ0n) is 11.7. The van der Waals surface area contributed by atoms with E-state index in [4.69, 9.17) is 5.73 Å². The lowest BCUT2D eigenvalue weighted by Crippen LogP contribution is -2.34. The predicted molar refractivity (Wildman–Crippen MR) is 73.9 cm³/mol. The minimum Gasteiger partial charge on any atom is -0.330 e. The van der Waals surface area contributed by atoms with Gasteiger partial charge in [-0.1, -0.05) is 13.8 Å². The Kier molecular flexibility index (Phi) is 4.48. The molecule has 0 spiro atoms. The van der Waals surface area contributed by atoms with Crippen LogP contribution in [0.3, 0.4) is 0 Å². The van der Waals surface area contributed by atoms with Crippen molar-refractivity contribution in [2.75, 3.05) is 13.1 Å². The summed E-state index contributed by atoms with van der Waals surface area (Å²) >= 11 is 0. The highest BCUT2D eigenvalue weighted by molar-refractivity contribution is 4.87. The van der Waals surface area contributed by atoms with Gasteiger partial charge in [0.15, 0.2) is 0 Å². The zero-order chi connectivity index (χ0) is 12.3. The molecule has 100 valence electrons. The van der Waals surface area contributed by atoms with Crippen LogP contribution in [0.1, 0.15) is 58.8 Å². The van der Waals surface area contributed by atoms with Crippen LogP contribution in [0, 0.1) is 17.3 Å². The summed E-state index contributed by atoms with van der Waals surface area (Å²) in [7, 11) is 0. The summed E-state index contributed by atoms with van der Waals surface area (Å²) in [4.78, 5) is 0. The fourth-order valence-electron chi connectivity index (χ4n) is 3.61. The number of nitrogens with one attached hydrogen (secondary N) is 1. The Labute approximate surface area is 107 Å². The van der Waals surface area contributed by atoms with Gasteiger partial charge in [0.1, 0.15) is 0 Å². The molecule has 2 aliphatic carbocycles. The Balaban J connectivity index is 1.63. The van der Waals surface area contributed by atoms with Gasteiger partial charge < -0.3 is 11.1 Å². The molecule has 0 aromatic heterocycles. The van der Waals surface area contributed by atoms with Crippen molar-refractivity contribution in [1.82, 2.24) is 5.32 Å². The molecule has 0 saturated heterocycles. The van der Waals surface area contributed by atoms with Crippen LogP contribution >= 0.6 is 0 Å². The van der Waals surface area contributed by atoms with Crippen molar-refractivity contribution in [1.29, 1.82) is 0 Å². The molecular weight excluding hydrogens is 208 g/mol. The molecule has 2 nitrogen and oxygen atoms in total. The number of rotatable bonds is 4. The van der Waals surface area contributed by atoms with E-state index in [9.17, 15) is 0 Å². The van der Waals surface area contributed by atoms with Crippen LogP contribution < -0.4 is 11.1 Å². The molecule has 2 rings (SSSR count). The summed E-state index contributed by atoms with van der Waals surface area (Å²) in [6.07, 6.45) is 9.65. The number of hydrogen-bond acceptors (Lipinski definition) is 2. The molecule has 2 fully saturated rings. The van der Waals surface area contributed by atoms with Crippen LogP contribution in [-0.2, 0) is 0 Å². The second-order valence-corrected chi connectivity index (χ2v) is 7.13. The monoisotopic (exact) mass is 238 g/mol. The van der Waals surface area contributed by atoms with Crippen molar-refractivity contribution in [3.05, 3.63) is 0 Å². The normalized spacial score (nSPS) is 37.2. The van der Waals surface area contributed by atoms with Gasteiger partial charge in [0.25, 0.3) is 0 Å². The summed E-state index contributed by atoms with van der Waals surface area (Å²) in [5.74, 6) is 1.73. The van der Waals surface area contributed by atoms with Crippen LogP contribution in [0.5, 0.6) is 0 Å². The SMILES string of the molecule is CC1(C)CCC(NCC2CCC(CN)CC2)C1. The van der Waals surface area contributed by atoms with E-state index < -0.39 is 0 Å². The third-order valence-electron chi connectivity index (χ3n) is 4.96. The lowest BCUT2D eigenvalue weighted by molar-refractivity contribution is 0.262. The molecule has 2 aliphatic rings. The van der Waals surface area contributed by atoms with Crippen LogP contribution in [0.15, 0.2) is 0 Å². The van der Waals surface area contributed by atoms with E-state index in [0.717, 1.165) is 24.4 Å². The molecule has 0 bridgehead atoms. The first-order valence-corrected chi connectivity index (χ1v) is 7.52. The van der Waals surface area contributed by atoms with Crippen molar-refractivity contribution in [3.63, 3.8) is 0 Å². The first-order valence-electron chi connectivity index (χ1n) is 7.52. The van der Waals surface area contributed by atoms with E-state index in [0.29, 0.717) is 5.41 Å². The zero-order valence-corrected chi connectivity index (χ0v) is 11.7. The van der Waals surface area contributed by atoms with Crippen molar-refractivity contribution in [2.45, 2.75) is 64.8 Å². The average Bonchev–Trinajstić information content (AvgIpc) is 2.67. The molecule has 0 aliphatic heterocycles. The highest BCUT2D eigenvalue weighted by atomic mass is 14.9. The second kappa shape index (κ2) is 5.71. The molecule has 0 aromatic rings. The molecule has 3 N–H and O–H groups in total. The molecule has 0 radical (unpaired) electrons. The molecule has 17 heavy (non-hydrogen) atoms. The summed E-state index contributed by atoms with van der Waals surface area (Å²) in [6.45, 7) is 6.96. The molecular formula is C15H30N2. The van der Waals surface area contributed by atoms with Crippen molar-refractivity contribution < 1.29 is 0 Å². The topological polar surface area (TPSA) is 38.0 Å². The van der Waals surface area contributed by atoms with Gasteiger partial charge in [-0.2, -0.15) is 0 Å². The van der Waals surface area contributed by atoms with Crippen LogP contribution in [0.25, 0.3) is 0 Å². The van der Waals surface area contributed by atoms with Gasteiger partial charge in [-0.15, -0.1) is 0 Å². The van der Waals surface area contributed by atoms with Crippen molar-refractivity contribution in [3.8, 4) is 0 Å². The maximum absolute atomic E-state index is 5.74. The van der Waals surface area contributed by atoms with Gasteiger partial charge in [-0.05, 0) is 75.3 Å². The van der Waals surface area contributed by atoms with E-state index in [-0.39, 0.29) is 0 Å². The Bertz CT molecular complexity index is 229. The lowest BCUT2D eigenvalue weighted by atomic mass is 9.82. The molecule has 1 unspecified atom stereocenters. The summed E-state index contributed by atoms with van der Waals surface area (Å²) in [6, 6.07) is 0.789. The van der Waals surface area contributed by atoms with E-state index in [1.54, 1.807) is 0 Å². The maximum Gasteiger partial charge on any atom is 0.00724 e. The van der Waals surface area contributed by atoms with E-state index >= 15 is 0 Å². The standard InChI is InChI=1S/C15H30N2/c1-15(2)8-7-14(9-15)17-11-13-5-3-12(10-16)4-6-13/h12-14,17H,3-11,16H2,1-2H3. The largest absolute Gasteiger partial charge is 0.330 e. The summed E-state index contributed by atoms with van der Waals surface area (Å²) < 4.78 is 0. The summed E-state index contributed by atoms with van der Waals surface area (Å²) in [5.41, 5.74) is 6.31. The summed E-state index contributed by atoms with van der Waals surface area (Å²) in [5, 5.41) is 3.81. The van der Waals surface area contributed by atoms with E-state index in [1.807, 2.05) is 0 Å². The van der Waals surface area contributed by atoms with Gasteiger partial charge in [0, 0.05) is 6.04 Å². The molecule has 0 amide bonds. The van der Waals surface area contributed by atoms with Gasteiger partial charge in [-0.3, -0.25) is 0 Å². The van der Waals surface area contributed by atoms with Crippen LogP contribution in [-0.4, -0.2) is 19.1 Å². The Morgan fingerprint density at radius 3 is 2.24 bits per heavy atom. The molecule has 2 saturated carbocycles. The minimum absolute atomic E-state index is 0.578. The highest BCUT2D eigenvalue weighted by Gasteiger charge is 2.31. The second-order valence-electron chi connectivity index (χ2n) is 7.13. The third-order valence-corrected chi connectivity index (χ3v) is 4.96. The van der Waals surface area contributed by atoms with Gasteiger partial charge in [0.2, 0.25) is 0 Å². The smallest absolute Gasteiger partial charge is 0.00724 e.